The van der Waals surface area contributed by atoms with Crippen LogP contribution in [0.5, 0.6) is 5.88 Å². The number of nitrogens with two attached hydrogens (primary N) is 1. The first kappa shape index (κ1) is 11.8. The molecule has 2 heterocycles. The van der Waals surface area contributed by atoms with Crippen LogP contribution in [0.1, 0.15) is 22.3 Å². The summed E-state index contributed by atoms with van der Waals surface area (Å²) in [5, 5.41) is 3.95. The van der Waals surface area contributed by atoms with Gasteiger partial charge in [0.1, 0.15) is 11.7 Å². The smallest absolute Gasteiger partial charge is 0.237 e. The van der Waals surface area contributed by atoms with Crippen molar-refractivity contribution >= 4 is 11.5 Å². The number of nitrogens with one attached hydrogen (secondary N) is 1. The van der Waals surface area contributed by atoms with Crippen molar-refractivity contribution in [3.63, 3.8) is 0 Å². The SMILES string of the molecule is COc1nccnc1C(NN)c1snnc1C. The quantitative estimate of drug-likeness (QED) is 0.592. The number of nitrogens with zero attached hydrogens (tertiary/aromatic N) is 4. The zero-order chi connectivity index (χ0) is 12.3. The molecule has 1 atom stereocenters. The monoisotopic (exact) mass is 252 g/mol. The van der Waals surface area contributed by atoms with Crippen molar-refractivity contribution in [2.75, 3.05) is 7.11 Å². The molecular formula is C9H12N6OS. The third-order valence-electron chi connectivity index (χ3n) is 2.27. The van der Waals surface area contributed by atoms with Gasteiger partial charge in [0.05, 0.1) is 17.7 Å². The second-order valence-electron chi connectivity index (χ2n) is 3.27. The molecule has 1 unspecified atom stereocenters. The van der Waals surface area contributed by atoms with Gasteiger partial charge in [0.2, 0.25) is 5.88 Å². The molecule has 90 valence electrons. The summed E-state index contributed by atoms with van der Waals surface area (Å²) in [6.45, 7) is 1.87. The van der Waals surface area contributed by atoms with Crippen molar-refractivity contribution < 1.29 is 4.74 Å². The Morgan fingerprint density at radius 1 is 1.41 bits per heavy atom. The van der Waals surface area contributed by atoms with Crippen LogP contribution in [0.4, 0.5) is 0 Å². The van der Waals surface area contributed by atoms with E-state index in [2.05, 4.69) is 25.0 Å². The molecule has 0 saturated carbocycles. The Morgan fingerprint density at radius 2 is 2.18 bits per heavy atom. The summed E-state index contributed by atoms with van der Waals surface area (Å²) in [6.07, 6.45) is 3.15. The van der Waals surface area contributed by atoms with E-state index in [0.29, 0.717) is 11.6 Å². The van der Waals surface area contributed by atoms with Gasteiger partial charge in [0, 0.05) is 12.4 Å². The zero-order valence-electron chi connectivity index (χ0n) is 9.41. The average Bonchev–Trinajstić information content (AvgIpc) is 2.78. The molecule has 0 aromatic carbocycles. The molecule has 0 saturated heterocycles. The molecule has 0 bridgehead atoms. The summed E-state index contributed by atoms with van der Waals surface area (Å²) in [5.74, 6) is 6.00. The van der Waals surface area contributed by atoms with E-state index in [1.54, 1.807) is 19.5 Å². The Balaban J connectivity index is 2.46. The van der Waals surface area contributed by atoms with Gasteiger partial charge in [0.25, 0.3) is 0 Å². The van der Waals surface area contributed by atoms with Crippen LogP contribution in [0, 0.1) is 6.92 Å². The first-order valence-electron chi connectivity index (χ1n) is 4.87. The normalized spacial score (nSPS) is 12.4. The fraction of sp³-hybridized carbons (Fsp3) is 0.333. The van der Waals surface area contributed by atoms with Crippen LogP contribution < -0.4 is 16.0 Å². The van der Waals surface area contributed by atoms with Gasteiger partial charge in [-0.05, 0) is 18.5 Å². The Labute approximate surface area is 102 Å². The van der Waals surface area contributed by atoms with Gasteiger partial charge in [-0.3, -0.25) is 10.8 Å². The highest BCUT2D eigenvalue weighted by atomic mass is 32.1. The predicted octanol–water partition coefficient (Wildman–Crippen LogP) is 0.198. The van der Waals surface area contributed by atoms with Crippen molar-refractivity contribution in [1.29, 1.82) is 0 Å². The standard InChI is InChI=1S/C9H12N6OS/c1-5-8(17-15-14-5)6(13-10)7-9(16-2)12-4-3-11-7/h3-4,6,13H,10H2,1-2H3. The lowest BCUT2D eigenvalue weighted by atomic mass is 10.1. The molecule has 2 aromatic heterocycles. The number of methoxy groups -OCH3 is 1. The minimum atomic E-state index is -0.321. The van der Waals surface area contributed by atoms with Crippen molar-refractivity contribution in [3.05, 3.63) is 28.7 Å². The molecule has 8 heteroatoms. The number of ether oxygens (including phenoxy) is 1. The van der Waals surface area contributed by atoms with Crippen LogP contribution in [0.3, 0.4) is 0 Å². The fourth-order valence-corrected chi connectivity index (χ4v) is 2.18. The molecule has 2 aromatic rings. The number of hydrazine groups is 1. The summed E-state index contributed by atoms with van der Waals surface area (Å²) in [6, 6.07) is -0.321. The number of aryl methyl sites for hydroxylation is 1. The van der Waals surface area contributed by atoms with E-state index < -0.39 is 0 Å². The topological polar surface area (TPSA) is 98.8 Å². The molecule has 0 spiro atoms. The summed E-state index contributed by atoms with van der Waals surface area (Å²) < 4.78 is 9.04. The molecule has 0 aliphatic heterocycles. The molecular weight excluding hydrogens is 240 g/mol. The van der Waals surface area contributed by atoms with Gasteiger partial charge in [0.15, 0.2) is 0 Å². The summed E-state index contributed by atoms with van der Waals surface area (Å²) >= 11 is 1.27. The average molecular weight is 252 g/mol. The van der Waals surface area contributed by atoms with Crippen LogP contribution in [-0.4, -0.2) is 26.7 Å². The minimum absolute atomic E-state index is 0.321. The second kappa shape index (κ2) is 5.13. The third kappa shape index (κ3) is 2.23. The van der Waals surface area contributed by atoms with E-state index in [-0.39, 0.29) is 6.04 Å². The molecule has 7 nitrogen and oxygen atoms in total. The van der Waals surface area contributed by atoms with Crippen LogP contribution in [0.2, 0.25) is 0 Å². The first-order valence-corrected chi connectivity index (χ1v) is 5.65. The largest absolute Gasteiger partial charge is 0.480 e. The highest BCUT2D eigenvalue weighted by Gasteiger charge is 2.23. The number of hydrogen-bond donors (Lipinski definition) is 2. The lowest BCUT2D eigenvalue weighted by Crippen LogP contribution is -2.30. The first-order chi connectivity index (χ1) is 8.27. The Kier molecular flexibility index (Phi) is 3.57. The van der Waals surface area contributed by atoms with E-state index in [0.717, 1.165) is 10.6 Å². The van der Waals surface area contributed by atoms with E-state index in [9.17, 15) is 0 Å². The molecule has 0 aliphatic carbocycles. The van der Waals surface area contributed by atoms with Gasteiger partial charge in [-0.25, -0.2) is 10.4 Å². The molecule has 0 aliphatic rings. The Morgan fingerprint density at radius 3 is 2.76 bits per heavy atom. The van der Waals surface area contributed by atoms with Gasteiger partial charge < -0.3 is 4.74 Å². The van der Waals surface area contributed by atoms with Gasteiger partial charge in [-0.15, -0.1) is 5.10 Å². The summed E-state index contributed by atoms with van der Waals surface area (Å²) in [4.78, 5) is 9.22. The molecule has 17 heavy (non-hydrogen) atoms. The van der Waals surface area contributed by atoms with Crippen LogP contribution in [0.15, 0.2) is 12.4 Å². The van der Waals surface area contributed by atoms with E-state index in [1.165, 1.54) is 11.5 Å². The lowest BCUT2D eigenvalue weighted by molar-refractivity contribution is 0.383. The second-order valence-corrected chi connectivity index (χ2v) is 4.06. The maximum atomic E-state index is 5.57. The van der Waals surface area contributed by atoms with E-state index in [1.807, 2.05) is 6.92 Å². The maximum absolute atomic E-state index is 5.57. The van der Waals surface area contributed by atoms with E-state index in [4.69, 9.17) is 10.6 Å². The van der Waals surface area contributed by atoms with Crippen LogP contribution in [-0.2, 0) is 0 Å². The summed E-state index contributed by atoms with van der Waals surface area (Å²) in [7, 11) is 1.54. The molecule has 0 fully saturated rings. The highest BCUT2D eigenvalue weighted by molar-refractivity contribution is 7.05. The van der Waals surface area contributed by atoms with Crippen LogP contribution >= 0.6 is 11.5 Å². The Hall–Kier alpha value is -1.64. The van der Waals surface area contributed by atoms with Crippen molar-refractivity contribution in [2.45, 2.75) is 13.0 Å². The summed E-state index contributed by atoms with van der Waals surface area (Å²) in [5.41, 5.74) is 4.11. The fourth-order valence-electron chi connectivity index (χ4n) is 1.47. The zero-order valence-corrected chi connectivity index (χ0v) is 10.2. The van der Waals surface area contributed by atoms with Gasteiger partial charge in [-0.2, -0.15) is 0 Å². The Bertz CT molecular complexity index is 502. The highest BCUT2D eigenvalue weighted by Crippen LogP contribution is 2.28. The van der Waals surface area contributed by atoms with Gasteiger partial charge in [-0.1, -0.05) is 4.49 Å². The number of hydrogen-bond acceptors (Lipinski definition) is 8. The van der Waals surface area contributed by atoms with Crippen molar-refractivity contribution in [3.8, 4) is 5.88 Å². The lowest BCUT2D eigenvalue weighted by Gasteiger charge is -2.15. The van der Waals surface area contributed by atoms with Crippen LogP contribution in [0.25, 0.3) is 0 Å². The maximum Gasteiger partial charge on any atom is 0.237 e. The van der Waals surface area contributed by atoms with E-state index >= 15 is 0 Å². The third-order valence-corrected chi connectivity index (χ3v) is 3.16. The van der Waals surface area contributed by atoms with Gasteiger partial charge >= 0.3 is 0 Å². The predicted molar refractivity (Wildman–Crippen MR) is 62.4 cm³/mol. The number of aromatic nitrogens is 4. The molecule has 3 N–H and O–H groups in total. The minimum Gasteiger partial charge on any atom is -0.480 e. The molecule has 0 amide bonds. The van der Waals surface area contributed by atoms with Crippen molar-refractivity contribution in [1.82, 2.24) is 25.0 Å². The molecule has 0 radical (unpaired) electrons. The number of rotatable bonds is 4. The van der Waals surface area contributed by atoms with Crippen molar-refractivity contribution in [2.24, 2.45) is 5.84 Å². The molecule has 2 rings (SSSR count).